The van der Waals surface area contributed by atoms with Crippen molar-refractivity contribution in [2.45, 2.75) is 30.6 Å². The lowest BCUT2D eigenvalue weighted by Crippen LogP contribution is -2.45. The lowest BCUT2D eigenvalue weighted by atomic mass is 9.99. The van der Waals surface area contributed by atoms with Gasteiger partial charge in [-0.25, -0.2) is 8.42 Å². The standard InChI is InChI=1S/C24H31N3O5S/c1-32-21-9-11-22(12-10-21)33(30,31)27-17-5-8-20(18-27)24(29)26-16-14-23(28)25-15-13-19-6-3-2-4-7-19/h2-4,6-7,9-12,20H,5,8,13-18H2,1H3,(H,25,28)(H,26,29)/t20-/m1/s1. The van der Waals surface area contributed by atoms with Crippen LogP contribution in [0.4, 0.5) is 0 Å². The first kappa shape index (κ1) is 24.7. The average molecular weight is 474 g/mol. The van der Waals surface area contributed by atoms with Gasteiger partial charge in [-0.15, -0.1) is 0 Å². The molecule has 178 valence electrons. The molecule has 0 spiro atoms. The molecule has 0 radical (unpaired) electrons. The molecule has 2 N–H and O–H groups in total. The zero-order valence-corrected chi connectivity index (χ0v) is 19.6. The van der Waals surface area contributed by atoms with E-state index in [1.165, 1.54) is 23.5 Å². The molecule has 0 aromatic heterocycles. The van der Waals surface area contributed by atoms with Gasteiger partial charge in [-0.3, -0.25) is 9.59 Å². The predicted molar refractivity (Wildman–Crippen MR) is 125 cm³/mol. The van der Waals surface area contributed by atoms with E-state index >= 15 is 0 Å². The Morgan fingerprint density at radius 2 is 1.76 bits per heavy atom. The Morgan fingerprint density at radius 3 is 2.45 bits per heavy atom. The van der Waals surface area contributed by atoms with Crippen molar-refractivity contribution in [3.05, 3.63) is 60.2 Å². The van der Waals surface area contributed by atoms with Crippen LogP contribution in [0.15, 0.2) is 59.5 Å². The minimum Gasteiger partial charge on any atom is -0.497 e. The average Bonchev–Trinajstić information content (AvgIpc) is 2.84. The van der Waals surface area contributed by atoms with Crippen LogP contribution in [0.25, 0.3) is 0 Å². The van der Waals surface area contributed by atoms with E-state index in [0.717, 1.165) is 12.0 Å². The van der Waals surface area contributed by atoms with E-state index in [-0.39, 0.29) is 36.2 Å². The van der Waals surface area contributed by atoms with Gasteiger partial charge in [0.25, 0.3) is 0 Å². The third-order valence-corrected chi connectivity index (χ3v) is 7.56. The van der Waals surface area contributed by atoms with Gasteiger partial charge >= 0.3 is 0 Å². The summed E-state index contributed by atoms with van der Waals surface area (Å²) in [5.41, 5.74) is 1.15. The SMILES string of the molecule is COc1ccc(S(=O)(=O)N2CCC[C@@H](C(=O)NCCC(=O)NCCc3ccccc3)C2)cc1. The number of hydrogen-bond donors (Lipinski definition) is 2. The van der Waals surface area contributed by atoms with Gasteiger partial charge in [-0.2, -0.15) is 4.31 Å². The maximum atomic E-state index is 13.0. The third kappa shape index (κ3) is 7.03. The van der Waals surface area contributed by atoms with Crippen LogP contribution in [-0.4, -0.2) is 57.8 Å². The number of hydrogen-bond acceptors (Lipinski definition) is 5. The minimum absolute atomic E-state index is 0.126. The fourth-order valence-corrected chi connectivity index (χ4v) is 5.32. The Bertz CT molecular complexity index is 1030. The second-order valence-electron chi connectivity index (χ2n) is 8.00. The van der Waals surface area contributed by atoms with Gasteiger partial charge in [0.2, 0.25) is 21.8 Å². The molecule has 33 heavy (non-hydrogen) atoms. The first-order valence-electron chi connectivity index (χ1n) is 11.1. The van der Waals surface area contributed by atoms with E-state index in [2.05, 4.69) is 10.6 Å². The van der Waals surface area contributed by atoms with Crippen molar-refractivity contribution in [1.29, 1.82) is 0 Å². The molecule has 1 atom stereocenters. The highest BCUT2D eigenvalue weighted by molar-refractivity contribution is 7.89. The molecule has 2 aromatic rings. The van der Waals surface area contributed by atoms with E-state index in [1.807, 2.05) is 30.3 Å². The van der Waals surface area contributed by atoms with Gasteiger partial charge < -0.3 is 15.4 Å². The van der Waals surface area contributed by atoms with Gasteiger partial charge in [0.1, 0.15) is 5.75 Å². The number of benzene rings is 2. The van der Waals surface area contributed by atoms with Crippen LogP contribution < -0.4 is 15.4 Å². The van der Waals surface area contributed by atoms with Gasteiger partial charge in [0.05, 0.1) is 17.9 Å². The zero-order valence-electron chi connectivity index (χ0n) is 18.8. The highest BCUT2D eigenvalue weighted by Crippen LogP contribution is 2.25. The molecule has 8 nitrogen and oxygen atoms in total. The summed E-state index contributed by atoms with van der Waals surface area (Å²) in [6.45, 7) is 1.26. The van der Waals surface area contributed by atoms with E-state index in [9.17, 15) is 18.0 Å². The number of nitrogens with zero attached hydrogens (tertiary/aromatic N) is 1. The monoisotopic (exact) mass is 473 g/mol. The number of methoxy groups -OCH3 is 1. The topological polar surface area (TPSA) is 105 Å². The third-order valence-electron chi connectivity index (χ3n) is 5.68. The summed E-state index contributed by atoms with van der Waals surface area (Å²) in [7, 11) is -2.17. The van der Waals surface area contributed by atoms with Gasteiger partial charge in [-0.1, -0.05) is 30.3 Å². The summed E-state index contributed by atoms with van der Waals surface area (Å²) in [4.78, 5) is 24.8. The van der Waals surface area contributed by atoms with Crippen molar-refractivity contribution in [3.63, 3.8) is 0 Å². The van der Waals surface area contributed by atoms with Crippen LogP contribution in [-0.2, 0) is 26.0 Å². The van der Waals surface area contributed by atoms with Crippen molar-refractivity contribution in [2.75, 3.05) is 33.3 Å². The normalized spacial score (nSPS) is 16.7. The molecule has 1 aliphatic rings. The molecule has 2 aromatic carbocycles. The van der Waals surface area contributed by atoms with Crippen LogP contribution in [0.3, 0.4) is 0 Å². The van der Waals surface area contributed by atoms with Gasteiger partial charge in [0, 0.05) is 32.6 Å². The predicted octanol–water partition coefficient (Wildman–Crippen LogP) is 1.96. The molecule has 9 heteroatoms. The molecule has 3 rings (SSSR count). The largest absolute Gasteiger partial charge is 0.497 e. The molecule has 0 unspecified atom stereocenters. The van der Waals surface area contributed by atoms with Gasteiger partial charge in [0.15, 0.2) is 0 Å². The number of nitrogens with one attached hydrogen (secondary N) is 2. The highest BCUT2D eigenvalue weighted by atomic mass is 32.2. The van der Waals surface area contributed by atoms with Crippen molar-refractivity contribution in [2.24, 2.45) is 5.92 Å². The molecule has 1 saturated heterocycles. The molecule has 1 aliphatic heterocycles. The summed E-state index contributed by atoms with van der Waals surface area (Å²) in [6, 6.07) is 16.1. The Kier molecular flexibility index (Phi) is 8.85. The molecule has 0 aliphatic carbocycles. The fraction of sp³-hybridized carbons (Fsp3) is 0.417. The lowest BCUT2D eigenvalue weighted by molar-refractivity contribution is -0.126. The summed E-state index contributed by atoms with van der Waals surface area (Å²) in [5.74, 6) is -0.206. The zero-order chi connectivity index (χ0) is 23.7. The number of rotatable bonds is 10. The number of carbonyl (C=O) groups is 2. The molecule has 1 fully saturated rings. The van der Waals surface area contributed by atoms with E-state index in [4.69, 9.17) is 4.74 Å². The Balaban J connectivity index is 1.42. The van der Waals surface area contributed by atoms with E-state index in [0.29, 0.717) is 31.7 Å². The van der Waals surface area contributed by atoms with Gasteiger partial charge in [-0.05, 0) is 49.1 Å². The Morgan fingerprint density at radius 1 is 1.03 bits per heavy atom. The number of sulfonamides is 1. The van der Waals surface area contributed by atoms with Crippen molar-refractivity contribution in [1.82, 2.24) is 14.9 Å². The highest BCUT2D eigenvalue weighted by Gasteiger charge is 2.33. The second kappa shape index (κ2) is 11.8. The minimum atomic E-state index is -3.69. The van der Waals surface area contributed by atoms with Crippen molar-refractivity contribution < 1.29 is 22.7 Å². The summed E-state index contributed by atoms with van der Waals surface area (Å²) < 4.78 is 32.4. The smallest absolute Gasteiger partial charge is 0.243 e. The van der Waals surface area contributed by atoms with Crippen molar-refractivity contribution in [3.8, 4) is 5.75 Å². The molecule has 1 heterocycles. The second-order valence-corrected chi connectivity index (χ2v) is 9.94. The Hall–Kier alpha value is -2.91. The van der Waals surface area contributed by atoms with E-state index < -0.39 is 15.9 Å². The summed E-state index contributed by atoms with van der Waals surface area (Å²) in [5, 5.41) is 5.63. The maximum absolute atomic E-state index is 13.0. The molecule has 0 bridgehead atoms. The molecular weight excluding hydrogens is 442 g/mol. The van der Waals surface area contributed by atoms with Crippen LogP contribution in [0.1, 0.15) is 24.8 Å². The number of piperidine rings is 1. The van der Waals surface area contributed by atoms with Crippen LogP contribution in [0.5, 0.6) is 5.75 Å². The molecule has 0 saturated carbocycles. The first-order chi connectivity index (χ1) is 15.9. The van der Waals surface area contributed by atoms with Crippen molar-refractivity contribution >= 4 is 21.8 Å². The molecule has 2 amide bonds. The lowest BCUT2D eigenvalue weighted by Gasteiger charge is -2.31. The maximum Gasteiger partial charge on any atom is 0.243 e. The van der Waals surface area contributed by atoms with Crippen LogP contribution in [0.2, 0.25) is 0 Å². The van der Waals surface area contributed by atoms with Crippen LogP contribution >= 0.6 is 0 Å². The fourth-order valence-electron chi connectivity index (χ4n) is 3.79. The van der Waals surface area contributed by atoms with Crippen LogP contribution in [0, 0.1) is 5.92 Å². The quantitative estimate of drug-likeness (QED) is 0.549. The Labute approximate surface area is 195 Å². The number of ether oxygens (including phenoxy) is 1. The van der Waals surface area contributed by atoms with E-state index in [1.54, 1.807) is 12.1 Å². The summed E-state index contributed by atoms with van der Waals surface area (Å²) >= 11 is 0. The number of carbonyl (C=O) groups excluding carboxylic acids is 2. The summed E-state index contributed by atoms with van der Waals surface area (Å²) in [6.07, 6.45) is 2.15. The first-order valence-corrected chi connectivity index (χ1v) is 12.6. The molecular formula is C24H31N3O5S. The number of amides is 2.